The highest BCUT2D eigenvalue weighted by molar-refractivity contribution is 7.81. The van der Waals surface area contributed by atoms with Gasteiger partial charge in [0.05, 0.1) is 0 Å². The standard InChI is InChI=1S/C8H15NOS/c11-7-5-8(9-6-7)1-3-10-4-2-8/h7,9,11H,1-6H2. The Morgan fingerprint density at radius 2 is 2.09 bits per heavy atom. The molecule has 0 aromatic heterocycles. The van der Waals surface area contributed by atoms with E-state index >= 15 is 0 Å². The average molecular weight is 173 g/mol. The maximum atomic E-state index is 5.33. The maximum Gasteiger partial charge on any atom is 0.0483 e. The first-order chi connectivity index (χ1) is 5.31. The van der Waals surface area contributed by atoms with Crippen molar-refractivity contribution in [2.24, 2.45) is 0 Å². The molecular weight excluding hydrogens is 158 g/mol. The Morgan fingerprint density at radius 1 is 1.36 bits per heavy atom. The van der Waals surface area contributed by atoms with Gasteiger partial charge in [-0.1, -0.05) is 0 Å². The van der Waals surface area contributed by atoms with Gasteiger partial charge in [-0.3, -0.25) is 0 Å². The lowest BCUT2D eigenvalue weighted by atomic mass is 9.89. The van der Waals surface area contributed by atoms with E-state index in [4.69, 9.17) is 4.74 Å². The molecule has 1 atom stereocenters. The monoisotopic (exact) mass is 173 g/mol. The summed E-state index contributed by atoms with van der Waals surface area (Å²) >= 11 is 4.47. The van der Waals surface area contributed by atoms with Crippen molar-refractivity contribution < 1.29 is 4.74 Å². The largest absolute Gasteiger partial charge is 0.381 e. The fourth-order valence-corrected chi connectivity index (χ4v) is 2.51. The average Bonchev–Trinajstić information content (AvgIpc) is 2.34. The van der Waals surface area contributed by atoms with Crippen molar-refractivity contribution >= 4 is 12.6 Å². The van der Waals surface area contributed by atoms with Gasteiger partial charge in [-0.2, -0.15) is 12.6 Å². The van der Waals surface area contributed by atoms with Crippen LogP contribution >= 0.6 is 12.6 Å². The molecule has 1 spiro atoms. The van der Waals surface area contributed by atoms with E-state index < -0.39 is 0 Å². The number of ether oxygens (including phenoxy) is 1. The molecule has 0 amide bonds. The third kappa shape index (κ3) is 1.55. The van der Waals surface area contributed by atoms with Crippen molar-refractivity contribution in [1.82, 2.24) is 5.32 Å². The molecule has 0 aliphatic carbocycles. The summed E-state index contributed by atoms with van der Waals surface area (Å²) in [5.74, 6) is 0. The summed E-state index contributed by atoms with van der Waals surface area (Å²) in [6.07, 6.45) is 3.56. The van der Waals surface area contributed by atoms with Gasteiger partial charge in [0.2, 0.25) is 0 Å². The summed E-state index contributed by atoms with van der Waals surface area (Å²) in [6.45, 7) is 2.92. The van der Waals surface area contributed by atoms with Gasteiger partial charge in [-0.15, -0.1) is 0 Å². The van der Waals surface area contributed by atoms with Crippen LogP contribution < -0.4 is 5.32 Å². The van der Waals surface area contributed by atoms with E-state index in [0.29, 0.717) is 10.8 Å². The summed E-state index contributed by atoms with van der Waals surface area (Å²) in [6, 6.07) is 0. The second-order valence-corrected chi connectivity index (χ2v) is 4.36. The van der Waals surface area contributed by atoms with E-state index in [-0.39, 0.29) is 0 Å². The molecule has 0 aromatic rings. The van der Waals surface area contributed by atoms with Crippen molar-refractivity contribution in [2.75, 3.05) is 19.8 Å². The van der Waals surface area contributed by atoms with E-state index in [2.05, 4.69) is 17.9 Å². The highest BCUT2D eigenvalue weighted by Crippen LogP contribution is 2.31. The summed E-state index contributed by atoms with van der Waals surface area (Å²) in [5, 5.41) is 4.13. The zero-order valence-corrected chi connectivity index (χ0v) is 7.57. The lowest BCUT2D eigenvalue weighted by molar-refractivity contribution is 0.0459. The first kappa shape index (κ1) is 7.90. The summed E-state index contributed by atoms with van der Waals surface area (Å²) in [4.78, 5) is 0. The predicted molar refractivity (Wildman–Crippen MR) is 48.2 cm³/mol. The van der Waals surface area contributed by atoms with Crippen molar-refractivity contribution in [1.29, 1.82) is 0 Å². The summed E-state index contributed by atoms with van der Waals surface area (Å²) < 4.78 is 5.33. The Morgan fingerprint density at radius 3 is 2.64 bits per heavy atom. The molecule has 2 heterocycles. The van der Waals surface area contributed by atoms with Crippen molar-refractivity contribution in [3.63, 3.8) is 0 Å². The molecule has 2 fully saturated rings. The van der Waals surface area contributed by atoms with E-state index in [0.717, 1.165) is 19.8 Å². The van der Waals surface area contributed by atoms with Gasteiger partial charge < -0.3 is 10.1 Å². The van der Waals surface area contributed by atoms with Crippen LogP contribution in [0.25, 0.3) is 0 Å². The zero-order valence-electron chi connectivity index (χ0n) is 6.68. The fourth-order valence-electron chi connectivity index (χ4n) is 2.07. The number of rotatable bonds is 0. The maximum absolute atomic E-state index is 5.33. The zero-order chi connectivity index (χ0) is 7.73. The molecule has 0 saturated carbocycles. The molecule has 1 N–H and O–H groups in total. The molecule has 2 saturated heterocycles. The number of hydrogen-bond donors (Lipinski definition) is 2. The van der Waals surface area contributed by atoms with Crippen LogP contribution in [0.1, 0.15) is 19.3 Å². The van der Waals surface area contributed by atoms with E-state index in [1.54, 1.807) is 0 Å². The van der Waals surface area contributed by atoms with Crippen LogP contribution in [0.3, 0.4) is 0 Å². The van der Waals surface area contributed by atoms with Crippen LogP contribution in [0.15, 0.2) is 0 Å². The highest BCUT2D eigenvalue weighted by atomic mass is 32.1. The molecule has 0 aromatic carbocycles. The van der Waals surface area contributed by atoms with Gasteiger partial charge in [0.25, 0.3) is 0 Å². The second kappa shape index (κ2) is 2.96. The van der Waals surface area contributed by atoms with Gasteiger partial charge in [0, 0.05) is 30.5 Å². The Hall–Kier alpha value is 0.270. The fraction of sp³-hybridized carbons (Fsp3) is 1.00. The topological polar surface area (TPSA) is 21.3 Å². The van der Waals surface area contributed by atoms with Crippen LogP contribution in [0.4, 0.5) is 0 Å². The highest BCUT2D eigenvalue weighted by Gasteiger charge is 2.38. The Labute approximate surface area is 73.1 Å². The molecule has 0 bridgehead atoms. The molecule has 2 aliphatic heterocycles. The Kier molecular flexibility index (Phi) is 2.12. The van der Waals surface area contributed by atoms with Crippen molar-refractivity contribution in [3.8, 4) is 0 Å². The Bertz CT molecular complexity index is 140. The van der Waals surface area contributed by atoms with E-state index in [1.807, 2.05) is 0 Å². The summed E-state index contributed by atoms with van der Waals surface area (Å²) in [7, 11) is 0. The first-order valence-electron chi connectivity index (χ1n) is 4.32. The smallest absolute Gasteiger partial charge is 0.0483 e. The van der Waals surface area contributed by atoms with Gasteiger partial charge in [-0.05, 0) is 19.3 Å². The van der Waals surface area contributed by atoms with Crippen LogP contribution in [0.5, 0.6) is 0 Å². The first-order valence-corrected chi connectivity index (χ1v) is 4.83. The molecule has 0 radical (unpaired) electrons. The molecule has 2 rings (SSSR count). The minimum atomic E-state index is 0.394. The molecule has 2 nitrogen and oxygen atoms in total. The molecule has 1 unspecified atom stereocenters. The summed E-state index contributed by atoms with van der Waals surface area (Å²) in [5.41, 5.74) is 0.394. The van der Waals surface area contributed by atoms with Crippen LogP contribution in [0, 0.1) is 0 Å². The molecular formula is C8H15NOS. The minimum Gasteiger partial charge on any atom is -0.381 e. The third-order valence-corrected chi connectivity index (χ3v) is 3.15. The second-order valence-electron chi connectivity index (χ2n) is 3.63. The number of hydrogen-bond acceptors (Lipinski definition) is 3. The van der Waals surface area contributed by atoms with Crippen LogP contribution in [-0.2, 0) is 4.74 Å². The lowest BCUT2D eigenvalue weighted by Gasteiger charge is -2.33. The SMILES string of the molecule is SC1CNC2(CCOCC2)C1. The quantitative estimate of drug-likeness (QED) is 0.529. The van der Waals surface area contributed by atoms with Crippen molar-refractivity contribution in [3.05, 3.63) is 0 Å². The van der Waals surface area contributed by atoms with Gasteiger partial charge in [-0.25, -0.2) is 0 Å². The predicted octanol–water partition coefficient (Wildman–Crippen LogP) is 0.827. The van der Waals surface area contributed by atoms with Gasteiger partial charge >= 0.3 is 0 Å². The van der Waals surface area contributed by atoms with Crippen LogP contribution in [-0.4, -0.2) is 30.5 Å². The van der Waals surface area contributed by atoms with Gasteiger partial charge in [0.1, 0.15) is 0 Å². The molecule has 3 heteroatoms. The lowest BCUT2D eigenvalue weighted by Crippen LogP contribution is -2.44. The number of thiol groups is 1. The van der Waals surface area contributed by atoms with Crippen LogP contribution in [0.2, 0.25) is 0 Å². The van der Waals surface area contributed by atoms with E-state index in [9.17, 15) is 0 Å². The normalized spacial score (nSPS) is 36.3. The Balaban J connectivity index is 1.98. The minimum absolute atomic E-state index is 0.394. The molecule has 64 valence electrons. The molecule has 11 heavy (non-hydrogen) atoms. The van der Waals surface area contributed by atoms with E-state index in [1.165, 1.54) is 19.3 Å². The van der Waals surface area contributed by atoms with Crippen molar-refractivity contribution in [2.45, 2.75) is 30.1 Å². The number of nitrogens with one attached hydrogen (secondary N) is 1. The molecule has 2 aliphatic rings. The third-order valence-electron chi connectivity index (χ3n) is 2.79. The van der Waals surface area contributed by atoms with Gasteiger partial charge in [0.15, 0.2) is 0 Å².